The minimum atomic E-state index is -0.257. The van der Waals surface area contributed by atoms with Crippen molar-refractivity contribution in [3.8, 4) is 0 Å². The Balaban J connectivity index is 2.10. The lowest BCUT2D eigenvalue weighted by Crippen LogP contribution is -2.21. The lowest BCUT2D eigenvalue weighted by Gasteiger charge is -2.17. The molecule has 0 fully saturated rings. The SMILES string of the molecule is COC1C=C(C=Cc2ccccc2)OC(=O)C1. The fourth-order valence-corrected chi connectivity index (χ4v) is 1.60. The molecule has 0 N–H and O–H groups in total. The average Bonchev–Trinajstić information content (AvgIpc) is 2.37. The van der Waals surface area contributed by atoms with Gasteiger partial charge in [0.05, 0.1) is 12.5 Å². The van der Waals surface area contributed by atoms with Gasteiger partial charge in [-0.25, -0.2) is 0 Å². The molecule has 0 aromatic heterocycles. The predicted octanol–water partition coefficient (Wildman–Crippen LogP) is 2.55. The first-order chi connectivity index (χ1) is 8.28. The van der Waals surface area contributed by atoms with E-state index < -0.39 is 0 Å². The number of methoxy groups -OCH3 is 1. The maximum atomic E-state index is 11.3. The van der Waals surface area contributed by atoms with E-state index >= 15 is 0 Å². The van der Waals surface area contributed by atoms with Crippen LogP contribution >= 0.6 is 0 Å². The molecule has 0 saturated heterocycles. The van der Waals surface area contributed by atoms with E-state index in [2.05, 4.69) is 0 Å². The van der Waals surface area contributed by atoms with Crippen LogP contribution in [0.15, 0.2) is 48.2 Å². The monoisotopic (exact) mass is 230 g/mol. The molecule has 1 unspecified atom stereocenters. The van der Waals surface area contributed by atoms with Crippen molar-refractivity contribution in [1.82, 2.24) is 0 Å². The van der Waals surface area contributed by atoms with Crippen molar-refractivity contribution in [2.45, 2.75) is 12.5 Å². The molecule has 0 spiro atoms. The summed E-state index contributed by atoms with van der Waals surface area (Å²) in [4.78, 5) is 11.3. The summed E-state index contributed by atoms with van der Waals surface area (Å²) in [6, 6.07) is 9.83. The summed E-state index contributed by atoms with van der Waals surface area (Å²) in [5.74, 6) is 0.281. The fourth-order valence-electron chi connectivity index (χ4n) is 1.60. The summed E-state index contributed by atoms with van der Waals surface area (Å²) in [7, 11) is 1.58. The Morgan fingerprint density at radius 2 is 2.06 bits per heavy atom. The summed E-state index contributed by atoms with van der Waals surface area (Å²) in [6.45, 7) is 0. The third-order valence-electron chi connectivity index (χ3n) is 2.49. The van der Waals surface area contributed by atoms with Gasteiger partial charge in [-0.2, -0.15) is 0 Å². The summed E-state index contributed by atoms with van der Waals surface area (Å²) in [6.07, 6.45) is 5.57. The molecular weight excluding hydrogens is 216 g/mol. The Morgan fingerprint density at radius 3 is 2.76 bits per heavy atom. The summed E-state index contributed by atoms with van der Waals surface area (Å²) in [5, 5.41) is 0. The lowest BCUT2D eigenvalue weighted by atomic mass is 10.1. The van der Waals surface area contributed by atoms with Crippen LogP contribution in [0.2, 0.25) is 0 Å². The number of esters is 1. The van der Waals surface area contributed by atoms with E-state index in [1.807, 2.05) is 36.4 Å². The van der Waals surface area contributed by atoms with Crippen LogP contribution in [0.1, 0.15) is 12.0 Å². The van der Waals surface area contributed by atoms with Gasteiger partial charge in [-0.1, -0.05) is 36.4 Å². The number of carbonyl (C=O) groups is 1. The van der Waals surface area contributed by atoms with Crippen molar-refractivity contribution in [2.75, 3.05) is 7.11 Å². The van der Waals surface area contributed by atoms with E-state index in [1.54, 1.807) is 19.3 Å². The van der Waals surface area contributed by atoms with Crippen LogP contribution < -0.4 is 0 Å². The topological polar surface area (TPSA) is 35.5 Å². The first-order valence-corrected chi connectivity index (χ1v) is 5.46. The van der Waals surface area contributed by atoms with Gasteiger partial charge in [-0.15, -0.1) is 0 Å². The van der Waals surface area contributed by atoms with Crippen LogP contribution in [-0.4, -0.2) is 19.2 Å². The van der Waals surface area contributed by atoms with E-state index in [1.165, 1.54) is 0 Å². The zero-order valence-corrected chi connectivity index (χ0v) is 9.63. The number of allylic oxidation sites excluding steroid dienone is 1. The molecule has 88 valence electrons. The second-order valence-electron chi connectivity index (χ2n) is 3.77. The Bertz CT molecular complexity index is 446. The van der Waals surface area contributed by atoms with Crippen LogP contribution in [0.25, 0.3) is 6.08 Å². The summed E-state index contributed by atoms with van der Waals surface area (Å²) >= 11 is 0. The average molecular weight is 230 g/mol. The Hall–Kier alpha value is -1.87. The maximum absolute atomic E-state index is 11.3. The quantitative estimate of drug-likeness (QED) is 0.748. The number of ether oxygens (including phenoxy) is 2. The fraction of sp³-hybridized carbons (Fsp3) is 0.214. The molecule has 1 aromatic carbocycles. The number of carbonyl (C=O) groups excluding carboxylic acids is 1. The molecule has 0 radical (unpaired) electrons. The molecule has 17 heavy (non-hydrogen) atoms. The Labute approximate surface area is 100 Å². The van der Waals surface area contributed by atoms with Crippen molar-refractivity contribution >= 4 is 12.0 Å². The predicted molar refractivity (Wildman–Crippen MR) is 65.1 cm³/mol. The van der Waals surface area contributed by atoms with Gasteiger partial charge >= 0.3 is 5.97 Å². The van der Waals surface area contributed by atoms with Gasteiger partial charge < -0.3 is 9.47 Å². The van der Waals surface area contributed by atoms with Crippen molar-refractivity contribution in [3.05, 3.63) is 53.8 Å². The molecule has 0 amide bonds. The Kier molecular flexibility index (Phi) is 3.73. The van der Waals surface area contributed by atoms with Crippen LogP contribution in [-0.2, 0) is 14.3 Å². The number of rotatable bonds is 3. The molecule has 1 aliphatic rings. The van der Waals surface area contributed by atoms with Crippen molar-refractivity contribution in [2.24, 2.45) is 0 Å². The van der Waals surface area contributed by atoms with Gasteiger partial charge in [-0.3, -0.25) is 4.79 Å². The first kappa shape index (κ1) is 11.6. The van der Waals surface area contributed by atoms with Crippen LogP contribution in [0.3, 0.4) is 0 Å². The van der Waals surface area contributed by atoms with Crippen molar-refractivity contribution < 1.29 is 14.3 Å². The molecule has 0 aliphatic carbocycles. The minimum absolute atomic E-state index is 0.188. The summed E-state index contributed by atoms with van der Waals surface area (Å²) in [5.41, 5.74) is 1.06. The van der Waals surface area contributed by atoms with E-state index in [0.717, 1.165) is 5.56 Å². The molecular formula is C14H14O3. The molecule has 3 heteroatoms. The zero-order chi connectivity index (χ0) is 12.1. The number of cyclic esters (lactones) is 1. The zero-order valence-electron chi connectivity index (χ0n) is 9.63. The third-order valence-corrected chi connectivity index (χ3v) is 2.49. The minimum Gasteiger partial charge on any atom is -0.427 e. The highest BCUT2D eigenvalue weighted by Crippen LogP contribution is 2.16. The van der Waals surface area contributed by atoms with Gasteiger partial charge in [0.25, 0.3) is 0 Å². The van der Waals surface area contributed by atoms with Crippen LogP contribution in [0, 0.1) is 0 Å². The van der Waals surface area contributed by atoms with Gasteiger partial charge in [-0.05, 0) is 17.7 Å². The molecule has 0 saturated carbocycles. The second kappa shape index (κ2) is 5.46. The van der Waals surface area contributed by atoms with E-state index in [4.69, 9.17) is 9.47 Å². The summed E-state index contributed by atoms with van der Waals surface area (Å²) < 4.78 is 10.2. The highest BCUT2D eigenvalue weighted by atomic mass is 16.5. The lowest BCUT2D eigenvalue weighted by molar-refractivity contribution is -0.142. The molecule has 0 bridgehead atoms. The van der Waals surface area contributed by atoms with Crippen molar-refractivity contribution in [3.63, 3.8) is 0 Å². The van der Waals surface area contributed by atoms with Crippen LogP contribution in [0.5, 0.6) is 0 Å². The molecule has 1 aromatic rings. The second-order valence-corrected chi connectivity index (χ2v) is 3.77. The standard InChI is InChI=1S/C14H14O3/c1-16-13-9-12(17-14(15)10-13)8-7-11-5-3-2-4-6-11/h2-9,13H,10H2,1H3. The Morgan fingerprint density at radius 1 is 1.29 bits per heavy atom. The molecule has 2 rings (SSSR count). The van der Waals surface area contributed by atoms with Gasteiger partial charge in [0.15, 0.2) is 0 Å². The van der Waals surface area contributed by atoms with Gasteiger partial charge in [0.2, 0.25) is 0 Å². The van der Waals surface area contributed by atoms with Crippen LogP contribution in [0.4, 0.5) is 0 Å². The number of hydrogen-bond donors (Lipinski definition) is 0. The smallest absolute Gasteiger partial charge is 0.314 e. The number of hydrogen-bond acceptors (Lipinski definition) is 3. The highest BCUT2D eigenvalue weighted by molar-refractivity contribution is 5.73. The largest absolute Gasteiger partial charge is 0.427 e. The van der Waals surface area contributed by atoms with Gasteiger partial charge in [0.1, 0.15) is 5.76 Å². The number of benzene rings is 1. The molecule has 1 atom stereocenters. The maximum Gasteiger partial charge on any atom is 0.314 e. The third kappa shape index (κ3) is 3.29. The normalized spacial score (nSPS) is 20.2. The molecule has 1 aliphatic heterocycles. The van der Waals surface area contributed by atoms with Gasteiger partial charge in [0, 0.05) is 7.11 Å². The van der Waals surface area contributed by atoms with E-state index in [-0.39, 0.29) is 18.5 Å². The molecule has 3 nitrogen and oxygen atoms in total. The van der Waals surface area contributed by atoms with E-state index in [0.29, 0.717) is 5.76 Å². The highest BCUT2D eigenvalue weighted by Gasteiger charge is 2.19. The molecule has 1 heterocycles. The van der Waals surface area contributed by atoms with E-state index in [9.17, 15) is 4.79 Å². The van der Waals surface area contributed by atoms with Crippen molar-refractivity contribution in [1.29, 1.82) is 0 Å². The first-order valence-electron chi connectivity index (χ1n) is 5.46.